The third-order valence-electron chi connectivity index (χ3n) is 3.59. The molecule has 0 aliphatic rings. The number of thiophene rings is 1. The Morgan fingerprint density at radius 3 is 2.57 bits per heavy atom. The van der Waals surface area contributed by atoms with Gasteiger partial charge in [0.2, 0.25) is 5.78 Å². The normalized spacial score (nSPS) is 11.0. The van der Waals surface area contributed by atoms with Gasteiger partial charge in [-0.2, -0.15) is 0 Å². The minimum absolute atomic E-state index is 0.0972. The summed E-state index contributed by atoms with van der Waals surface area (Å²) in [6.45, 7) is 0. The molecule has 6 heteroatoms. The predicted octanol–water partition coefficient (Wildman–Crippen LogP) is 2.18. The standard InChI is InChI=1S/C15H14N2O3S/c1-16-10-5-4-9(8-11(10)17(2)15(16)19)13(18)14-12(20-3)6-7-21-14/h4-8H,1-3H3. The van der Waals surface area contributed by atoms with Gasteiger partial charge in [0.05, 0.1) is 18.1 Å². The Hall–Kier alpha value is -2.34. The van der Waals surface area contributed by atoms with Gasteiger partial charge >= 0.3 is 5.69 Å². The number of fused-ring (bicyclic) bond motifs is 1. The average molecular weight is 302 g/mol. The van der Waals surface area contributed by atoms with Crippen molar-refractivity contribution in [2.45, 2.75) is 0 Å². The van der Waals surface area contributed by atoms with Crippen molar-refractivity contribution < 1.29 is 9.53 Å². The Morgan fingerprint density at radius 1 is 1.14 bits per heavy atom. The number of carbonyl (C=O) groups is 1. The van der Waals surface area contributed by atoms with Crippen LogP contribution in [-0.2, 0) is 14.1 Å². The van der Waals surface area contributed by atoms with E-state index in [9.17, 15) is 9.59 Å². The van der Waals surface area contributed by atoms with Crippen LogP contribution in [0.25, 0.3) is 11.0 Å². The van der Waals surface area contributed by atoms with Crippen molar-refractivity contribution in [2.75, 3.05) is 7.11 Å². The maximum Gasteiger partial charge on any atom is 0.328 e. The lowest BCUT2D eigenvalue weighted by Crippen LogP contribution is -2.19. The number of benzene rings is 1. The maximum atomic E-state index is 12.6. The number of rotatable bonds is 3. The van der Waals surface area contributed by atoms with Crippen LogP contribution in [0.1, 0.15) is 15.2 Å². The zero-order valence-corrected chi connectivity index (χ0v) is 12.7. The molecule has 2 aromatic heterocycles. The lowest BCUT2D eigenvalue weighted by molar-refractivity contribution is 0.104. The van der Waals surface area contributed by atoms with Crippen LogP contribution in [0.5, 0.6) is 5.75 Å². The van der Waals surface area contributed by atoms with Crippen LogP contribution < -0.4 is 10.4 Å². The first-order chi connectivity index (χ1) is 10.0. The number of nitrogens with zero attached hydrogens (tertiary/aromatic N) is 2. The fourth-order valence-corrected chi connectivity index (χ4v) is 3.22. The fraction of sp³-hybridized carbons (Fsp3) is 0.200. The highest BCUT2D eigenvalue weighted by Crippen LogP contribution is 2.28. The summed E-state index contributed by atoms with van der Waals surface area (Å²) in [4.78, 5) is 25.1. The second-order valence-corrected chi connectivity index (χ2v) is 5.67. The van der Waals surface area contributed by atoms with Gasteiger partial charge in [0.25, 0.3) is 0 Å². The van der Waals surface area contributed by atoms with E-state index in [4.69, 9.17) is 4.74 Å². The van der Waals surface area contributed by atoms with Crippen molar-refractivity contribution in [2.24, 2.45) is 14.1 Å². The van der Waals surface area contributed by atoms with Crippen molar-refractivity contribution in [3.8, 4) is 5.75 Å². The van der Waals surface area contributed by atoms with E-state index in [2.05, 4.69) is 0 Å². The number of hydrogen-bond donors (Lipinski definition) is 0. The summed E-state index contributed by atoms with van der Waals surface area (Å²) in [5.41, 5.74) is 1.98. The molecule has 21 heavy (non-hydrogen) atoms. The van der Waals surface area contributed by atoms with Gasteiger partial charge in [-0.1, -0.05) is 0 Å². The number of carbonyl (C=O) groups excluding carboxylic acids is 1. The molecule has 108 valence electrons. The molecule has 3 aromatic rings. The number of imidazole rings is 1. The lowest BCUT2D eigenvalue weighted by atomic mass is 10.1. The molecule has 0 radical (unpaired) electrons. The Balaban J connectivity index is 2.16. The summed E-state index contributed by atoms with van der Waals surface area (Å²) >= 11 is 1.35. The van der Waals surface area contributed by atoms with Crippen LogP contribution in [0.3, 0.4) is 0 Å². The highest BCUT2D eigenvalue weighted by Gasteiger charge is 2.18. The van der Waals surface area contributed by atoms with Crippen LogP contribution in [-0.4, -0.2) is 22.0 Å². The fourth-order valence-electron chi connectivity index (χ4n) is 2.40. The van der Waals surface area contributed by atoms with E-state index in [1.54, 1.807) is 50.0 Å². The summed E-state index contributed by atoms with van der Waals surface area (Å²) in [6, 6.07) is 7.06. The molecule has 0 fully saturated rings. The largest absolute Gasteiger partial charge is 0.495 e. The molecule has 5 nitrogen and oxygen atoms in total. The van der Waals surface area contributed by atoms with E-state index in [0.717, 1.165) is 11.0 Å². The Bertz CT molecular complexity index is 901. The first-order valence-corrected chi connectivity index (χ1v) is 7.24. The minimum Gasteiger partial charge on any atom is -0.495 e. The summed E-state index contributed by atoms with van der Waals surface area (Å²) in [5, 5.41) is 1.82. The molecular formula is C15H14N2O3S. The number of aryl methyl sites for hydroxylation is 2. The highest BCUT2D eigenvalue weighted by atomic mass is 32.1. The number of ether oxygens (including phenoxy) is 1. The van der Waals surface area contributed by atoms with Crippen molar-refractivity contribution in [1.29, 1.82) is 0 Å². The van der Waals surface area contributed by atoms with E-state index in [1.807, 2.05) is 5.38 Å². The van der Waals surface area contributed by atoms with E-state index >= 15 is 0 Å². The van der Waals surface area contributed by atoms with Crippen molar-refractivity contribution in [3.63, 3.8) is 0 Å². The Morgan fingerprint density at radius 2 is 1.86 bits per heavy atom. The van der Waals surface area contributed by atoms with Gasteiger partial charge in [-0.15, -0.1) is 11.3 Å². The van der Waals surface area contributed by atoms with Gasteiger partial charge in [0.1, 0.15) is 10.6 Å². The molecule has 2 heterocycles. The van der Waals surface area contributed by atoms with Gasteiger partial charge in [0.15, 0.2) is 0 Å². The van der Waals surface area contributed by atoms with Gasteiger partial charge in [-0.3, -0.25) is 13.9 Å². The first-order valence-electron chi connectivity index (χ1n) is 6.36. The van der Waals surface area contributed by atoms with Crippen molar-refractivity contribution >= 4 is 28.2 Å². The molecule has 0 aliphatic heterocycles. The van der Waals surface area contributed by atoms with Gasteiger partial charge < -0.3 is 4.74 Å². The molecule has 0 aliphatic carbocycles. The van der Waals surface area contributed by atoms with Crippen LogP contribution in [0.2, 0.25) is 0 Å². The molecule has 0 amide bonds. The summed E-state index contributed by atoms with van der Waals surface area (Å²) in [6.07, 6.45) is 0. The maximum absolute atomic E-state index is 12.6. The number of aromatic nitrogens is 2. The molecule has 0 atom stereocenters. The van der Waals surface area contributed by atoms with Crippen LogP contribution >= 0.6 is 11.3 Å². The predicted molar refractivity (Wildman–Crippen MR) is 82.5 cm³/mol. The Labute approximate surface area is 125 Å². The quantitative estimate of drug-likeness (QED) is 0.697. The third-order valence-corrected chi connectivity index (χ3v) is 4.48. The monoisotopic (exact) mass is 302 g/mol. The number of methoxy groups -OCH3 is 1. The van der Waals surface area contributed by atoms with Crippen molar-refractivity contribution in [3.05, 3.63) is 50.6 Å². The molecule has 0 N–H and O–H groups in total. The van der Waals surface area contributed by atoms with Crippen LogP contribution in [0.15, 0.2) is 34.4 Å². The van der Waals surface area contributed by atoms with E-state index in [-0.39, 0.29) is 11.5 Å². The lowest BCUT2D eigenvalue weighted by Gasteiger charge is -2.03. The van der Waals surface area contributed by atoms with Gasteiger partial charge in [-0.25, -0.2) is 4.79 Å². The molecule has 0 saturated carbocycles. The minimum atomic E-state index is -0.108. The zero-order valence-electron chi connectivity index (χ0n) is 11.9. The summed E-state index contributed by atoms with van der Waals surface area (Å²) in [7, 11) is 4.96. The number of ketones is 1. The first kappa shape index (κ1) is 13.6. The zero-order chi connectivity index (χ0) is 15.1. The molecule has 1 aromatic carbocycles. The number of hydrogen-bond acceptors (Lipinski definition) is 4. The highest BCUT2D eigenvalue weighted by molar-refractivity contribution is 7.12. The van der Waals surface area contributed by atoms with Gasteiger partial charge in [0, 0.05) is 19.7 Å². The topological polar surface area (TPSA) is 53.2 Å². The third kappa shape index (κ3) is 1.99. The van der Waals surface area contributed by atoms with Crippen molar-refractivity contribution in [1.82, 2.24) is 9.13 Å². The summed E-state index contributed by atoms with van der Waals surface area (Å²) < 4.78 is 8.30. The van der Waals surface area contributed by atoms with E-state index < -0.39 is 0 Å². The molecule has 0 spiro atoms. The SMILES string of the molecule is COc1ccsc1C(=O)c1ccc2c(c1)n(C)c(=O)n2C. The summed E-state index contributed by atoms with van der Waals surface area (Å²) in [5.74, 6) is 0.479. The smallest absolute Gasteiger partial charge is 0.328 e. The molecule has 0 bridgehead atoms. The molecular weight excluding hydrogens is 288 g/mol. The van der Waals surface area contributed by atoms with E-state index in [0.29, 0.717) is 16.2 Å². The van der Waals surface area contributed by atoms with Crippen LogP contribution in [0.4, 0.5) is 0 Å². The molecule has 3 rings (SSSR count). The van der Waals surface area contributed by atoms with Crippen LogP contribution in [0, 0.1) is 0 Å². The molecule has 0 saturated heterocycles. The average Bonchev–Trinajstić information content (AvgIpc) is 3.06. The second-order valence-electron chi connectivity index (χ2n) is 4.75. The van der Waals surface area contributed by atoms with E-state index in [1.165, 1.54) is 15.9 Å². The molecule has 0 unspecified atom stereocenters. The Kier molecular flexibility index (Phi) is 3.17. The van der Waals surface area contributed by atoms with Gasteiger partial charge in [-0.05, 0) is 29.6 Å². The second kappa shape index (κ2) is 4.89.